The van der Waals surface area contributed by atoms with E-state index in [1.54, 1.807) is 0 Å². The van der Waals surface area contributed by atoms with Crippen LogP contribution in [0.3, 0.4) is 0 Å². The fourth-order valence-corrected chi connectivity index (χ4v) is 2.30. The number of benzene rings is 1. The van der Waals surface area contributed by atoms with Gasteiger partial charge in [0.25, 0.3) is 0 Å². The minimum atomic E-state index is -0.575. The lowest BCUT2D eigenvalue weighted by Crippen LogP contribution is -2.44. The number of hydrogen-bond donors (Lipinski definition) is 1. The molecule has 0 amide bonds. The van der Waals surface area contributed by atoms with Crippen molar-refractivity contribution in [3.05, 3.63) is 35.9 Å². The largest absolute Gasteiger partial charge is 0.321 e. The van der Waals surface area contributed by atoms with E-state index in [-0.39, 0.29) is 5.78 Å². The minimum Gasteiger partial charge on any atom is -0.321 e. The van der Waals surface area contributed by atoms with Crippen molar-refractivity contribution in [2.24, 2.45) is 5.73 Å². The summed E-state index contributed by atoms with van der Waals surface area (Å²) in [6.07, 6.45) is 1.43. The van der Waals surface area contributed by atoms with Crippen LogP contribution in [-0.4, -0.2) is 11.8 Å². The van der Waals surface area contributed by atoms with E-state index in [0.29, 0.717) is 19.3 Å². The first kappa shape index (κ1) is 10.8. The molecule has 3 nitrogen and oxygen atoms in total. The van der Waals surface area contributed by atoms with Gasteiger partial charge in [-0.1, -0.05) is 30.3 Å². The predicted molar refractivity (Wildman–Crippen MR) is 60.6 cm³/mol. The Morgan fingerprint density at radius 1 is 1.38 bits per heavy atom. The van der Waals surface area contributed by atoms with Gasteiger partial charge in [-0.3, -0.25) is 4.79 Å². The van der Waals surface area contributed by atoms with Crippen LogP contribution < -0.4 is 5.73 Å². The fraction of sp³-hybridized carbons (Fsp3) is 0.385. The normalized spacial score (nSPS) is 29.8. The van der Waals surface area contributed by atoms with Crippen LogP contribution >= 0.6 is 0 Å². The van der Waals surface area contributed by atoms with Crippen molar-refractivity contribution in [2.75, 3.05) is 0 Å². The second kappa shape index (κ2) is 4.07. The van der Waals surface area contributed by atoms with Crippen molar-refractivity contribution in [3.63, 3.8) is 0 Å². The summed E-state index contributed by atoms with van der Waals surface area (Å²) in [7, 11) is 0. The van der Waals surface area contributed by atoms with Crippen LogP contribution in [0.4, 0.5) is 0 Å². The number of carbonyl (C=O) groups excluding carboxylic acids is 1. The molecule has 1 aliphatic rings. The zero-order valence-corrected chi connectivity index (χ0v) is 9.02. The van der Waals surface area contributed by atoms with E-state index in [4.69, 9.17) is 5.73 Å². The van der Waals surface area contributed by atoms with Gasteiger partial charge < -0.3 is 5.73 Å². The number of nitrogens with zero attached hydrogens (tertiary/aromatic N) is 1. The van der Waals surface area contributed by atoms with Crippen LogP contribution in [0.25, 0.3) is 0 Å². The van der Waals surface area contributed by atoms with E-state index in [2.05, 4.69) is 6.07 Å². The zero-order chi connectivity index (χ0) is 11.6. The van der Waals surface area contributed by atoms with Crippen LogP contribution in [-0.2, 0) is 10.2 Å². The second-order valence-corrected chi connectivity index (χ2v) is 4.34. The Labute approximate surface area is 94.9 Å². The maximum Gasteiger partial charge on any atom is 0.149 e. The highest BCUT2D eigenvalue weighted by Gasteiger charge is 2.40. The highest BCUT2D eigenvalue weighted by molar-refractivity contribution is 5.85. The molecule has 0 spiro atoms. The molecule has 2 unspecified atom stereocenters. The molecular weight excluding hydrogens is 200 g/mol. The van der Waals surface area contributed by atoms with E-state index in [0.717, 1.165) is 5.56 Å². The van der Waals surface area contributed by atoms with Crippen LogP contribution in [0.15, 0.2) is 30.3 Å². The van der Waals surface area contributed by atoms with Crippen LogP contribution in [0.2, 0.25) is 0 Å². The first-order chi connectivity index (χ1) is 7.68. The third-order valence-corrected chi connectivity index (χ3v) is 3.32. The summed E-state index contributed by atoms with van der Waals surface area (Å²) in [5.74, 6) is 0.0711. The molecule has 1 aromatic rings. The summed E-state index contributed by atoms with van der Waals surface area (Å²) >= 11 is 0. The number of carbonyl (C=O) groups is 1. The van der Waals surface area contributed by atoms with Gasteiger partial charge in [0.2, 0.25) is 0 Å². The van der Waals surface area contributed by atoms with E-state index < -0.39 is 11.5 Å². The smallest absolute Gasteiger partial charge is 0.149 e. The molecule has 0 radical (unpaired) electrons. The van der Waals surface area contributed by atoms with Gasteiger partial charge in [0.15, 0.2) is 0 Å². The van der Waals surface area contributed by atoms with E-state index in [1.807, 2.05) is 30.3 Å². The molecule has 2 N–H and O–H groups in total. The molecule has 16 heavy (non-hydrogen) atoms. The summed E-state index contributed by atoms with van der Waals surface area (Å²) < 4.78 is 0. The van der Waals surface area contributed by atoms with Crippen LogP contribution in [0.1, 0.15) is 24.8 Å². The fourth-order valence-electron chi connectivity index (χ4n) is 2.30. The Morgan fingerprint density at radius 2 is 2.06 bits per heavy atom. The summed E-state index contributed by atoms with van der Waals surface area (Å²) in [5, 5.41) is 9.38. The van der Waals surface area contributed by atoms with Crippen molar-refractivity contribution in [1.29, 1.82) is 5.26 Å². The van der Waals surface area contributed by atoms with Crippen LogP contribution in [0, 0.1) is 11.3 Å². The second-order valence-electron chi connectivity index (χ2n) is 4.34. The van der Waals surface area contributed by atoms with Crippen molar-refractivity contribution in [1.82, 2.24) is 0 Å². The van der Waals surface area contributed by atoms with Gasteiger partial charge in [0.05, 0.1) is 17.5 Å². The van der Waals surface area contributed by atoms with Gasteiger partial charge in [0.1, 0.15) is 5.78 Å². The van der Waals surface area contributed by atoms with Gasteiger partial charge in [-0.25, -0.2) is 0 Å². The SMILES string of the molecule is N#CC1(c2ccccc2)CCC(=O)C(N)C1. The van der Waals surface area contributed by atoms with E-state index in [9.17, 15) is 10.1 Å². The molecule has 0 aromatic heterocycles. The molecule has 1 aliphatic carbocycles. The summed E-state index contributed by atoms with van der Waals surface area (Å²) in [6.45, 7) is 0. The first-order valence-electron chi connectivity index (χ1n) is 5.43. The molecule has 0 bridgehead atoms. The first-order valence-corrected chi connectivity index (χ1v) is 5.43. The van der Waals surface area contributed by atoms with Crippen molar-refractivity contribution < 1.29 is 4.79 Å². The van der Waals surface area contributed by atoms with E-state index in [1.165, 1.54) is 0 Å². The molecule has 82 valence electrons. The summed E-state index contributed by atoms with van der Waals surface area (Å²) in [5.41, 5.74) is 6.16. The lowest BCUT2D eigenvalue weighted by molar-refractivity contribution is -0.122. The minimum absolute atomic E-state index is 0.0711. The molecule has 2 atom stereocenters. The lowest BCUT2D eigenvalue weighted by Gasteiger charge is -2.33. The molecule has 0 heterocycles. The highest BCUT2D eigenvalue weighted by atomic mass is 16.1. The molecule has 0 saturated heterocycles. The van der Waals surface area contributed by atoms with Gasteiger partial charge in [-0.15, -0.1) is 0 Å². The number of ketones is 1. The highest BCUT2D eigenvalue weighted by Crippen LogP contribution is 2.37. The van der Waals surface area contributed by atoms with Crippen molar-refractivity contribution in [3.8, 4) is 6.07 Å². The summed E-state index contributed by atoms with van der Waals surface area (Å²) in [4.78, 5) is 11.4. The molecular formula is C13H14N2O. The number of nitrogens with two attached hydrogens (primary N) is 1. The molecule has 1 fully saturated rings. The molecule has 0 aliphatic heterocycles. The van der Waals surface area contributed by atoms with Gasteiger partial charge in [0, 0.05) is 6.42 Å². The molecule has 1 saturated carbocycles. The van der Waals surface area contributed by atoms with Crippen molar-refractivity contribution >= 4 is 5.78 Å². The Kier molecular flexibility index (Phi) is 2.76. The number of hydrogen-bond acceptors (Lipinski definition) is 3. The summed E-state index contributed by atoms with van der Waals surface area (Å²) in [6, 6.07) is 11.5. The standard InChI is InChI=1S/C13H14N2O/c14-9-13(10-4-2-1-3-5-10)7-6-12(16)11(15)8-13/h1-5,11H,6-8,15H2. The third kappa shape index (κ3) is 1.72. The maximum atomic E-state index is 11.4. The molecule has 3 heteroatoms. The average molecular weight is 214 g/mol. The monoisotopic (exact) mass is 214 g/mol. The topological polar surface area (TPSA) is 66.9 Å². The van der Waals surface area contributed by atoms with Crippen molar-refractivity contribution in [2.45, 2.75) is 30.7 Å². The Hall–Kier alpha value is -1.66. The van der Waals surface area contributed by atoms with Crippen LogP contribution in [0.5, 0.6) is 0 Å². The zero-order valence-electron chi connectivity index (χ0n) is 9.02. The van der Waals surface area contributed by atoms with Gasteiger partial charge in [-0.2, -0.15) is 5.26 Å². The lowest BCUT2D eigenvalue weighted by atomic mass is 9.68. The third-order valence-electron chi connectivity index (χ3n) is 3.32. The maximum absolute atomic E-state index is 11.4. The van der Waals surface area contributed by atoms with Gasteiger partial charge in [-0.05, 0) is 18.4 Å². The average Bonchev–Trinajstić information content (AvgIpc) is 2.34. The number of Topliss-reactive ketones (excluding diaryl/α,β-unsaturated/α-hetero) is 1. The van der Waals surface area contributed by atoms with Gasteiger partial charge >= 0.3 is 0 Å². The molecule has 2 rings (SSSR count). The molecule has 1 aromatic carbocycles. The van der Waals surface area contributed by atoms with E-state index >= 15 is 0 Å². The number of nitriles is 1. The Balaban J connectivity index is 2.35. The predicted octanol–water partition coefficient (Wildman–Crippen LogP) is 1.53. The quantitative estimate of drug-likeness (QED) is 0.770. The Morgan fingerprint density at radius 3 is 2.62 bits per heavy atom. The Bertz CT molecular complexity index is 435. The number of rotatable bonds is 1.